The van der Waals surface area contributed by atoms with E-state index in [2.05, 4.69) is 4.98 Å². The van der Waals surface area contributed by atoms with Crippen LogP contribution in [0.4, 0.5) is 8.78 Å². The van der Waals surface area contributed by atoms with Crippen LogP contribution in [0.1, 0.15) is 74.2 Å². The van der Waals surface area contributed by atoms with Crippen LogP contribution in [-0.2, 0) is 16.1 Å². The predicted molar refractivity (Wildman–Crippen MR) is 158 cm³/mol. The SMILES string of the molecule is CC(=O)C[C@H](CC(=O)[C@H](CC(C)C)n1ccc(CN(C)CC(F)F)cc1=O)c1cncc(-c2c(C)cccc2C)c1. The Labute approximate surface area is 241 Å². The summed E-state index contributed by atoms with van der Waals surface area (Å²) < 4.78 is 26.9. The molecule has 0 amide bonds. The Balaban J connectivity index is 1.92. The van der Waals surface area contributed by atoms with Crippen LogP contribution in [0.2, 0.25) is 0 Å². The Bertz CT molecular complexity index is 1400. The molecule has 0 saturated carbocycles. The Hall–Kier alpha value is -3.52. The van der Waals surface area contributed by atoms with Crippen LogP contribution in [0.15, 0.2) is 59.8 Å². The number of halogens is 2. The molecule has 0 unspecified atom stereocenters. The Kier molecular flexibility index (Phi) is 11.2. The monoisotopic (exact) mass is 565 g/mol. The number of Topliss-reactive ketones (excluding diaryl/α,β-unsaturated/α-hetero) is 2. The maximum atomic E-state index is 13.9. The van der Waals surface area contributed by atoms with E-state index in [-0.39, 0.29) is 48.3 Å². The number of benzene rings is 1. The number of carbonyl (C=O) groups is 2. The first-order valence-electron chi connectivity index (χ1n) is 14.1. The average molecular weight is 566 g/mol. The molecular formula is C33H41F2N3O3. The molecule has 0 fully saturated rings. The summed E-state index contributed by atoms with van der Waals surface area (Å²) in [6, 6.07) is 10.5. The molecule has 0 aliphatic heterocycles. The van der Waals surface area contributed by atoms with E-state index in [0.29, 0.717) is 12.0 Å². The molecule has 41 heavy (non-hydrogen) atoms. The fraction of sp³-hybridized carbons (Fsp3) is 0.455. The summed E-state index contributed by atoms with van der Waals surface area (Å²) in [4.78, 5) is 45.2. The third-order valence-electron chi connectivity index (χ3n) is 7.30. The average Bonchev–Trinajstić information content (AvgIpc) is 2.86. The highest BCUT2D eigenvalue weighted by atomic mass is 19.3. The molecule has 1 aromatic carbocycles. The molecule has 0 saturated heterocycles. The van der Waals surface area contributed by atoms with Crippen molar-refractivity contribution in [1.82, 2.24) is 14.5 Å². The molecule has 3 rings (SSSR count). The lowest BCUT2D eigenvalue weighted by Crippen LogP contribution is -2.32. The minimum Gasteiger partial charge on any atom is -0.305 e. The summed E-state index contributed by atoms with van der Waals surface area (Å²) in [5, 5.41) is 0. The van der Waals surface area contributed by atoms with Crippen LogP contribution >= 0.6 is 0 Å². The number of alkyl halides is 2. The Morgan fingerprint density at radius 3 is 2.29 bits per heavy atom. The number of carbonyl (C=O) groups excluding carboxylic acids is 2. The van der Waals surface area contributed by atoms with E-state index in [1.165, 1.54) is 22.5 Å². The highest BCUT2D eigenvalue weighted by Crippen LogP contribution is 2.33. The van der Waals surface area contributed by atoms with Crippen molar-refractivity contribution < 1.29 is 18.4 Å². The van der Waals surface area contributed by atoms with E-state index in [4.69, 9.17) is 0 Å². The van der Waals surface area contributed by atoms with Gasteiger partial charge in [0.1, 0.15) is 5.78 Å². The van der Waals surface area contributed by atoms with Gasteiger partial charge >= 0.3 is 0 Å². The first-order valence-corrected chi connectivity index (χ1v) is 14.1. The van der Waals surface area contributed by atoms with E-state index < -0.39 is 19.0 Å². The molecule has 0 N–H and O–H groups in total. The Morgan fingerprint density at radius 2 is 1.71 bits per heavy atom. The normalized spacial score (nSPS) is 13.1. The molecule has 2 aromatic heterocycles. The first kappa shape index (κ1) is 32.0. The summed E-state index contributed by atoms with van der Waals surface area (Å²) in [7, 11) is 1.57. The number of pyridine rings is 2. The summed E-state index contributed by atoms with van der Waals surface area (Å²) in [6.45, 7) is 9.39. The fourth-order valence-corrected chi connectivity index (χ4v) is 5.47. The molecule has 0 aliphatic rings. The smallest absolute Gasteiger partial charge is 0.251 e. The largest absolute Gasteiger partial charge is 0.305 e. The lowest BCUT2D eigenvalue weighted by molar-refractivity contribution is -0.123. The maximum Gasteiger partial charge on any atom is 0.251 e. The van der Waals surface area contributed by atoms with Crippen LogP contribution in [0.5, 0.6) is 0 Å². The van der Waals surface area contributed by atoms with Gasteiger partial charge in [0.25, 0.3) is 12.0 Å². The quantitative estimate of drug-likeness (QED) is 0.222. The van der Waals surface area contributed by atoms with Crippen molar-refractivity contribution in [1.29, 1.82) is 0 Å². The van der Waals surface area contributed by atoms with Gasteiger partial charge < -0.3 is 9.36 Å². The zero-order chi connectivity index (χ0) is 30.3. The predicted octanol–water partition coefficient (Wildman–Crippen LogP) is 6.53. The van der Waals surface area contributed by atoms with Crippen LogP contribution in [-0.4, -0.2) is 46.0 Å². The number of nitrogens with zero attached hydrogens (tertiary/aromatic N) is 3. The number of hydrogen-bond donors (Lipinski definition) is 0. The third-order valence-corrected chi connectivity index (χ3v) is 7.30. The summed E-state index contributed by atoms with van der Waals surface area (Å²) in [5.41, 5.74) is 5.30. The molecule has 0 bridgehead atoms. The minimum atomic E-state index is -2.46. The first-order chi connectivity index (χ1) is 19.3. The van der Waals surface area contributed by atoms with Gasteiger partial charge in [0.15, 0.2) is 5.78 Å². The molecule has 2 heterocycles. The fourth-order valence-electron chi connectivity index (χ4n) is 5.47. The number of rotatable bonds is 14. The minimum absolute atomic E-state index is 0.0323. The van der Waals surface area contributed by atoms with Gasteiger partial charge in [-0.1, -0.05) is 32.0 Å². The second kappa shape index (κ2) is 14.4. The van der Waals surface area contributed by atoms with Gasteiger partial charge in [-0.2, -0.15) is 0 Å². The van der Waals surface area contributed by atoms with Crippen molar-refractivity contribution in [3.05, 3.63) is 87.6 Å². The molecule has 3 aromatic rings. The van der Waals surface area contributed by atoms with Crippen molar-refractivity contribution in [2.75, 3.05) is 13.6 Å². The second-order valence-corrected chi connectivity index (χ2v) is 11.6. The molecule has 0 radical (unpaired) electrons. The van der Waals surface area contributed by atoms with Crippen molar-refractivity contribution in [2.24, 2.45) is 5.92 Å². The highest BCUT2D eigenvalue weighted by molar-refractivity contribution is 5.85. The van der Waals surface area contributed by atoms with E-state index in [1.54, 1.807) is 31.7 Å². The van der Waals surface area contributed by atoms with Crippen LogP contribution in [0, 0.1) is 19.8 Å². The van der Waals surface area contributed by atoms with Crippen molar-refractivity contribution >= 4 is 11.6 Å². The van der Waals surface area contributed by atoms with Crippen molar-refractivity contribution in [3.8, 4) is 11.1 Å². The number of ketones is 2. The maximum absolute atomic E-state index is 13.9. The van der Waals surface area contributed by atoms with Crippen LogP contribution in [0.3, 0.4) is 0 Å². The van der Waals surface area contributed by atoms with Gasteiger partial charge in [-0.3, -0.25) is 19.5 Å². The number of hydrogen-bond acceptors (Lipinski definition) is 5. The zero-order valence-corrected chi connectivity index (χ0v) is 24.9. The lowest BCUT2D eigenvalue weighted by Gasteiger charge is -2.24. The highest BCUT2D eigenvalue weighted by Gasteiger charge is 2.27. The van der Waals surface area contributed by atoms with Gasteiger partial charge in [0.2, 0.25) is 0 Å². The molecule has 220 valence electrons. The lowest BCUT2D eigenvalue weighted by atomic mass is 9.85. The molecule has 6 nitrogen and oxygen atoms in total. The molecule has 0 spiro atoms. The third kappa shape index (κ3) is 8.98. The van der Waals surface area contributed by atoms with Crippen LogP contribution in [0.25, 0.3) is 11.1 Å². The summed E-state index contributed by atoms with van der Waals surface area (Å²) >= 11 is 0. The summed E-state index contributed by atoms with van der Waals surface area (Å²) in [5.74, 6) is -0.417. The molecule has 8 heteroatoms. The number of aryl methyl sites for hydroxylation is 2. The summed E-state index contributed by atoms with van der Waals surface area (Å²) in [6.07, 6.45) is 3.36. The molecular weight excluding hydrogens is 524 g/mol. The van der Waals surface area contributed by atoms with Crippen molar-refractivity contribution in [2.45, 2.75) is 78.8 Å². The molecule has 0 aliphatic carbocycles. The van der Waals surface area contributed by atoms with Crippen LogP contribution < -0.4 is 5.56 Å². The zero-order valence-electron chi connectivity index (χ0n) is 24.9. The number of aromatic nitrogens is 2. The van der Waals surface area contributed by atoms with Gasteiger partial charge in [-0.05, 0) is 86.0 Å². The van der Waals surface area contributed by atoms with E-state index in [0.717, 1.165) is 27.8 Å². The Morgan fingerprint density at radius 1 is 1.02 bits per heavy atom. The second-order valence-electron chi connectivity index (χ2n) is 11.6. The van der Waals surface area contributed by atoms with E-state index >= 15 is 0 Å². The van der Waals surface area contributed by atoms with Gasteiger partial charge in [0.05, 0.1) is 12.6 Å². The van der Waals surface area contributed by atoms with E-state index in [9.17, 15) is 23.2 Å². The topological polar surface area (TPSA) is 72.3 Å². The van der Waals surface area contributed by atoms with Crippen molar-refractivity contribution in [3.63, 3.8) is 0 Å². The van der Waals surface area contributed by atoms with E-state index in [1.807, 2.05) is 52.0 Å². The van der Waals surface area contributed by atoms with Gasteiger partial charge in [0, 0.05) is 49.6 Å². The standard InChI is InChI=1S/C33H41F2N3O3/c1-21(2)12-29(38-11-10-25(14-32(38)41)19-37(6)20-31(34)35)30(40)16-26(13-24(5)39)27-15-28(18-36-17-27)33-22(3)8-7-9-23(33)4/h7-11,14-15,17-18,21,26,29,31H,12-13,16,19-20H2,1-6H3/t26-,29+/m1/s1. The molecule has 2 atom stereocenters. The van der Waals surface area contributed by atoms with Gasteiger partial charge in [-0.25, -0.2) is 8.78 Å². The van der Waals surface area contributed by atoms with Gasteiger partial charge in [-0.15, -0.1) is 0 Å².